The van der Waals surface area contributed by atoms with Gasteiger partial charge in [-0.2, -0.15) is 0 Å². The third-order valence-electron chi connectivity index (χ3n) is 3.35. The first-order valence-electron chi connectivity index (χ1n) is 6.48. The van der Waals surface area contributed by atoms with Crippen molar-refractivity contribution in [2.24, 2.45) is 0 Å². The summed E-state index contributed by atoms with van der Waals surface area (Å²) in [6.45, 7) is 0. The molecule has 0 aliphatic rings. The molecule has 1 atom stereocenters. The maximum atomic E-state index is 2.33. The molecule has 0 aromatic heterocycles. The van der Waals surface area contributed by atoms with E-state index in [1.807, 2.05) is 0 Å². The molecule has 3 rings (SSSR count). The Bertz CT molecular complexity index is 673. The lowest BCUT2D eigenvalue weighted by Gasteiger charge is -2.05. The van der Waals surface area contributed by atoms with E-state index in [1.54, 1.807) is 0 Å². The van der Waals surface area contributed by atoms with Gasteiger partial charge in [0.1, 0.15) is 12.0 Å². The molecule has 0 aliphatic heterocycles. The van der Waals surface area contributed by atoms with Gasteiger partial charge < -0.3 is 0 Å². The van der Waals surface area contributed by atoms with Crippen LogP contribution in [0.5, 0.6) is 0 Å². The number of benzene rings is 3. The van der Waals surface area contributed by atoms with Crippen LogP contribution in [0.1, 0.15) is 5.56 Å². The highest BCUT2D eigenvalue weighted by molar-refractivity contribution is 7.95. The van der Waals surface area contributed by atoms with E-state index in [1.165, 1.54) is 21.2 Å². The van der Waals surface area contributed by atoms with Gasteiger partial charge in [0.05, 0.1) is 0 Å². The minimum absolute atomic E-state index is 0.260. The minimum atomic E-state index is 0.260. The van der Waals surface area contributed by atoms with Crippen molar-refractivity contribution < 1.29 is 0 Å². The monoisotopic (exact) mass is 265 g/mol. The lowest BCUT2D eigenvalue weighted by Crippen LogP contribution is -2.03. The molecule has 0 radical (unpaired) electrons. The van der Waals surface area contributed by atoms with Gasteiger partial charge in [0, 0.05) is 22.5 Å². The fourth-order valence-electron chi connectivity index (χ4n) is 2.29. The van der Waals surface area contributed by atoms with E-state index in [0.29, 0.717) is 0 Å². The topological polar surface area (TPSA) is 0 Å². The van der Waals surface area contributed by atoms with Crippen molar-refractivity contribution in [1.29, 1.82) is 0 Å². The molecule has 0 saturated heterocycles. The zero-order valence-corrected chi connectivity index (χ0v) is 11.9. The van der Waals surface area contributed by atoms with Gasteiger partial charge in [-0.05, 0) is 22.9 Å². The lowest BCUT2D eigenvalue weighted by atomic mass is 10.1. The summed E-state index contributed by atoms with van der Waals surface area (Å²) in [7, 11) is 0.260. The van der Waals surface area contributed by atoms with Gasteiger partial charge in [0.2, 0.25) is 0 Å². The SMILES string of the molecule is C[S+](Cc1ccccc1)c1ccc2ccccc2c1. The van der Waals surface area contributed by atoms with Gasteiger partial charge in [-0.15, -0.1) is 0 Å². The molecule has 94 valence electrons. The van der Waals surface area contributed by atoms with E-state index in [-0.39, 0.29) is 10.9 Å². The van der Waals surface area contributed by atoms with Crippen LogP contribution >= 0.6 is 0 Å². The quantitative estimate of drug-likeness (QED) is 0.605. The average Bonchev–Trinajstić information content (AvgIpc) is 2.48. The molecule has 0 bridgehead atoms. The molecule has 3 aromatic rings. The second-order valence-corrected chi connectivity index (χ2v) is 6.81. The van der Waals surface area contributed by atoms with E-state index >= 15 is 0 Å². The van der Waals surface area contributed by atoms with E-state index in [9.17, 15) is 0 Å². The summed E-state index contributed by atoms with van der Waals surface area (Å²) >= 11 is 0. The lowest BCUT2D eigenvalue weighted by molar-refractivity contribution is 1.37. The van der Waals surface area contributed by atoms with Crippen molar-refractivity contribution in [3.05, 3.63) is 78.4 Å². The molecule has 0 amide bonds. The second-order valence-electron chi connectivity index (χ2n) is 4.78. The number of hydrogen-bond acceptors (Lipinski definition) is 0. The van der Waals surface area contributed by atoms with Crippen LogP contribution in [-0.4, -0.2) is 6.26 Å². The summed E-state index contributed by atoms with van der Waals surface area (Å²) in [5.74, 6) is 1.12. The van der Waals surface area contributed by atoms with Gasteiger partial charge in [0.15, 0.2) is 4.90 Å². The molecule has 0 nitrogen and oxygen atoms in total. The summed E-state index contributed by atoms with van der Waals surface area (Å²) in [6.07, 6.45) is 2.33. The first kappa shape index (κ1) is 12.3. The first-order valence-corrected chi connectivity index (χ1v) is 8.28. The second kappa shape index (κ2) is 5.50. The first-order chi connectivity index (χ1) is 9.33. The summed E-state index contributed by atoms with van der Waals surface area (Å²) in [5, 5.41) is 2.66. The normalized spacial score (nSPS) is 12.5. The van der Waals surface area contributed by atoms with E-state index in [0.717, 1.165) is 5.75 Å². The highest BCUT2D eigenvalue weighted by Crippen LogP contribution is 2.22. The summed E-state index contributed by atoms with van der Waals surface area (Å²) < 4.78 is 0. The Hall–Kier alpha value is -1.73. The van der Waals surface area contributed by atoms with Gasteiger partial charge in [-0.3, -0.25) is 0 Å². The molecule has 0 heterocycles. The Balaban J connectivity index is 1.87. The van der Waals surface area contributed by atoms with Crippen LogP contribution in [-0.2, 0) is 16.6 Å². The van der Waals surface area contributed by atoms with Crippen LogP contribution in [0.15, 0.2) is 77.7 Å². The Morgan fingerprint density at radius 1 is 0.737 bits per heavy atom. The predicted octanol–water partition coefficient (Wildman–Crippen LogP) is 4.65. The van der Waals surface area contributed by atoms with E-state index < -0.39 is 0 Å². The van der Waals surface area contributed by atoms with Crippen molar-refractivity contribution >= 4 is 21.7 Å². The van der Waals surface area contributed by atoms with Crippen LogP contribution in [0, 0.1) is 0 Å². The molecule has 0 spiro atoms. The maximum absolute atomic E-state index is 2.33. The standard InChI is InChI=1S/C18H17S/c1-19(14-15-7-3-2-4-8-15)18-12-11-16-9-5-6-10-17(16)13-18/h2-13H,14H2,1H3/q+1. The van der Waals surface area contributed by atoms with Crippen LogP contribution in [0.4, 0.5) is 0 Å². The highest BCUT2D eigenvalue weighted by atomic mass is 32.2. The van der Waals surface area contributed by atoms with Gasteiger partial charge >= 0.3 is 0 Å². The van der Waals surface area contributed by atoms with Crippen molar-refractivity contribution in [2.45, 2.75) is 10.6 Å². The third-order valence-corrected chi connectivity index (χ3v) is 5.17. The van der Waals surface area contributed by atoms with Gasteiger partial charge in [-0.25, -0.2) is 0 Å². The predicted molar refractivity (Wildman–Crippen MR) is 85.6 cm³/mol. The summed E-state index contributed by atoms with van der Waals surface area (Å²) in [5.41, 5.74) is 1.42. The average molecular weight is 265 g/mol. The Labute approximate surface area is 117 Å². The molecule has 19 heavy (non-hydrogen) atoms. The minimum Gasteiger partial charge on any atom is -0.0622 e. The van der Waals surface area contributed by atoms with Crippen LogP contribution < -0.4 is 0 Å². The smallest absolute Gasteiger partial charge is 0.0622 e. The largest absolute Gasteiger partial charge is 0.155 e. The zero-order valence-electron chi connectivity index (χ0n) is 11.0. The molecule has 1 unspecified atom stereocenters. The van der Waals surface area contributed by atoms with Crippen LogP contribution in [0.25, 0.3) is 10.8 Å². The van der Waals surface area contributed by atoms with Crippen molar-refractivity contribution in [3.8, 4) is 0 Å². The molecular weight excluding hydrogens is 248 g/mol. The Morgan fingerprint density at radius 3 is 2.21 bits per heavy atom. The Morgan fingerprint density at radius 2 is 1.42 bits per heavy atom. The number of hydrogen-bond donors (Lipinski definition) is 0. The summed E-state index contributed by atoms with van der Waals surface area (Å²) in [6, 6.07) is 26.1. The molecular formula is C18H17S+. The van der Waals surface area contributed by atoms with Crippen molar-refractivity contribution in [3.63, 3.8) is 0 Å². The van der Waals surface area contributed by atoms with E-state index in [4.69, 9.17) is 0 Å². The van der Waals surface area contributed by atoms with Crippen molar-refractivity contribution in [1.82, 2.24) is 0 Å². The highest BCUT2D eigenvalue weighted by Gasteiger charge is 2.16. The number of rotatable bonds is 3. The molecule has 0 aliphatic carbocycles. The molecule has 0 saturated carbocycles. The molecule has 3 aromatic carbocycles. The van der Waals surface area contributed by atoms with Gasteiger partial charge in [0.25, 0.3) is 0 Å². The fraction of sp³-hybridized carbons (Fsp3) is 0.111. The van der Waals surface area contributed by atoms with Crippen LogP contribution in [0.3, 0.4) is 0 Å². The van der Waals surface area contributed by atoms with Gasteiger partial charge in [-0.1, -0.05) is 54.6 Å². The summed E-state index contributed by atoms with van der Waals surface area (Å²) in [4.78, 5) is 1.45. The van der Waals surface area contributed by atoms with Crippen molar-refractivity contribution in [2.75, 3.05) is 6.26 Å². The maximum Gasteiger partial charge on any atom is 0.155 e. The van der Waals surface area contributed by atoms with Crippen LogP contribution in [0.2, 0.25) is 0 Å². The molecule has 0 N–H and O–H groups in total. The molecule has 0 fully saturated rings. The third kappa shape index (κ3) is 2.82. The fourth-order valence-corrected chi connectivity index (χ4v) is 3.78. The number of fused-ring (bicyclic) bond motifs is 1. The molecule has 1 heteroatoms. The Kier molecular flexibility index (Phi) is 3.56. The van der Waals surface area contributed by atoms with E-state index in [2.05, 4.69) is 79.1 Å². The zero-order chi connectivity index (χ0) is 13.1.